The average Bonchev–Trinajstić information content (AvgIpc) is 2.80. The lowest BCUT2D eigenvalue weighted by Crippen LogP contribution is -2.31. The van der Waals surface area contributed by atoms with Gasteiger partial charge >= 0.3 is 0 Å². The molecule has 1 aromatic heterocycles. The van der Waals surface area contributed by atoms with Crippen molar-refractivity contribution in [3.05, 3.63) is 57.0 Å². The Morgan fingerprint density at radius 3 is 3.11 bits per heavy atom. The van der Waals surface area contributed by atoms with Crippen molar-refractivity contribution in [2.75, 3.05) is 6.54 Å². The van der Waals surface area contributed by atoms with Crippen LogP contribution in [0.25, 0.3) is 0 Å². The molecular weight excluding hydrogens is 240 g/mol. The molecule has 0 saturated carbocycles. The van der Waals surface area contributed by atoms with Crippen LogP contribution in [0.2, 0.25) is 0 Å². The Morgan fingerprint density at radius 1 is 1.37 bits per heavy atom. The smallest absolute Gasteiger partial charge is 0.267 e. The maximum Gasteiger partial charge on any atom is 0.267 e. The number of hydrogen-bond donors (Lipinski definition) is 2. The van der Waals surface area contributed by atoms with Crippen LogP contribution in [0.4, 0.5) is 0 Å². The molecule has 5 heteroatoms. The van der Waals surface area contributed by atoms with Gasteiger partial charge in [-0.15, -0.1) is 0 Å². The van der Waals surface area contributed by atoms with Crippen LogP contribution in [0.15, 0.2) is 29.1 Å². The summed E-state index contributed by atoms with van der Waals surface area (Å²) in [7, 11) is 0. The third-order valence-electron chi connectivity index (χ3n) is 3.49. The van der Waals surface area contributed by atoms with Crippen molar-refractivity contribution in [3.63, 3.8) is 0 Å². The van der Waals surface area contributed by atoms with Gasteiger partial charge in [0.1, 0.15) is 0 Å². The number of aromatic nitrogens is 2. The minimum absolute atomic E-state index is 0.00104. The summed E-state index contributed by atoms with van der Waals surface area (Å²) >= 11 is 0. The molecule has 0 amide bonds. The molecule has 2 aromatic rings. The van der Waals surface area contributed by atoms with Crippen molar-refractivity contribution >= 4 is 0 Å². The first-order valence-electron chi connectivity index (χ1n) is 6.26. The molecule has 0 fully saturated rings. The molecule has 0 spiro atoms. The number of aromatic amines is 2. The first-order chi connectivity index (χ1) is 9.26. The lowest BCUT2D eigenvalue weighted by atomic mass is 10.1. The van der Waals surface area contributed by atoms with E-state index in [1.165, 1.54) is 0 Å². The second-order valence-corrected chi connectivity index (χ2v) is 4.81. The summed E-state index contributed by atoms with van der Waals surface area (Å²) < 4.78 is 0. The highest BCUT2D eigenvalue weighted by molar-refractivity contribution is 5.32. The van der Waals surface area contributed by atoms with E-state index in [0.29, 0.717) is 5.56 Å². The van der Waals surface area contributed by atoms with E-state index in [-0.39, 0.29) is 5.56 Å². The maximum absolute atomic E-state index is 11.5. The SMILES string of the molecule is N#Cc1cccc(CN2CCc3c([nH][nH]c3=O)C2)c1. The van der Waals surface area contributed by atoms with Crippen molar-refractivity contribution in [2.45, 2.75) is 19.5 Å². The molecule has 1 aliphatic heterocycles. The molecule has 0 bridgehead atoms. The van der Waals surface area contributed by atoms with Gasteiger partial charge in [0, 0.05) is 25.2 Å². The van der Waals surface area contributed by atoms with E-state index < -0.39 is 0 Å². The van der Waals surface area contributed by atoms with E-state index in [1.807, 2.05) is 18.2 Å². The van der Waals surface area contributed by atoms with Crippen LogP contribution < -0.4 is 5.56 Å². The number of hydrogen-bond acceptors (Lipinski definition) is 3. The minimum atomic E-state index is 0.00104. The van der Waals surface area contributed by atoms with Gasteiger partial charge in [-0.05, 0) is 24.1 Å². The summed E-state index contributed by atoms with van der Waals surface area (Å²) in [6.45, 7) is 2.40. The minimum Gasteiger partial charge on any atom is -0.301 e. The van der Waals surface area contributed by atoms with E-state index in [0.717, 1.165) is 42.9 Å². The summed E-state index contributed by atoms with van der Waals surface area (Å²) in [5, 5.41) is 14.5. The van der Waals surface area contributed by atoms with Gasteiger partial charge in [0.2, 0.25) is 0 Å². The molecule has 5 nitrogen and oxygen atoms in total. The monoisotopic (exact) mass is 254 g/mol. The number of H-pyrrole nitrogens is 2. The second kappa shape index (κ2) is 4.75. The highest BCUT2D eigenvalue weighted by Gasteiger charge is 2.20. The van der Waals surface area contributed by atoms with Crippen LogP contribution in [0.5, 0.6) is 0 Å². The standard InChI is InChI=1S/C14H14N4O/c15-7-10-2-1-3-11(6-10)8-18-5-4-12-13(9-18)16-17-14(12)19/h1-3,6H,4-5,8-9H2,(H2,16,17,19). The van der Waals surface area contributed by atoms with Crippen LogP contribution in [-0.4, -0.2) is 21.6 Å². The molecule has 0 unspecified atom stereocenters. The molecule has 2 N–H and O–H groups in total. The Morgan fingerprint density at radius 2 is 2.26 bits per heavy atom. The topological polar surface area (TPSA) is 75.7 Å². The van der Waals surface area contributed by atoms with E-state index in [9.17, 15) is 4.79 Å². The summed E-state index contributed by atoms with van der Waals surface area (Å²) in [6, 6.07) is 9.80. The number of nitrogens with zero attached hydrogens (tertiary/aromatic N) is 2. The Kier molecular flexibility index (Phi) is 2.94. The number of benzene rings is 1. The van der Waals surface area contributed by atoms with Crippen molar-refractivity contribution in [1.82, 2.24) is 15.1 Å². The first kappa shape index (κ1) is 11.8. The van der Waals surface area contributed by atoms with Crippen LogP contribution in [0.3, 0.4) is 0 Å². The molecule has 0 radical (unpaired) electrons. The van der Waals surface area contributed by atoms with E-state index in [1.54, 1.807) is 6.07 Å². The van der Waals surface area contributed by atoms with Crippen molar-refractivity contribution in [3.8, 4) is 6.07 Å². The Balaban J connectivity index is 1.75. The first-order valence-corrected chi connectivity index (χ1v) is 6.26. The number of rotatable bonds is 2. The maximum atomic E-state index is 11.5. The number of fused-ring (bicyclic) bond motifs is 1. The molecule has 1 aliphatic rings. The fraction of sp³-hybridized carbons (Fsp3) is 0.286. The van der Waals surface area contributed by atoms with Crippen molar-refractivity contribution < 1.29 is 0 Å². The van der Waals surface area contributed by atoms with Gasteiger partial charge in [-0.1, -0.05) is 12.1 Å². The van der Waals surface area contributed by atoms with E-state index in [2.05, 4.69) is 21.2 Å². The third kappa shape index (κ3) is 2.30. The van der Waals surface area contributed by atoms with Crippen molar-refractivity contribution in [2.24, 2.45) is 0 Å². The predicted molar refractivity (Wildman–Crippen MR) is 70.4 cm³/mol. The largest absolute Gasteiger partial charge is 0.301 e. The Labute approximate surface area is 110 Å². The molecule has 2 heterocycles. The molecule has 19 heavy (non-hydrogen) atoms. The van der Waals surface area contributed by atoms with Crippen LogP contribution in [0.1, 0.15) is 22.4 Å². The average molecular weight is 254 g/mol. The van der Waals surface area contributed by atoms with Gasteiger partial charge in [-0.2, -0.15) is 5.26 Å². The molecule has 96 valence electrons. The summed E-state index contributed by atoms with van der Waals surface area (Å²) in [5.74, 6) is 0. The second-order valence-electron chi connectivity index (χ2n) is 4.81. The third-order valence-corrected chi connectivity index (χ3v) is 3.49. The molecular formula is C14H14N4O. The van der Waals surface area contributed by atoms with Gasteiger partial charge in [-0.25, -0.2) is 0 Å². The van der Waals surface area contributed by atoms with Gasteiger partial charge in [0.05, 0.1) is 17.3 Å². The van der Waals surface area contributed by atoms with Crippen molar-refractivity contribution in [1.29, 1.82) is 5.26 Å². The fourth-order valence-electron chi connectivity index (χ4n) is 2.52. The Bertz CT molecular complexity index is 692. The quantitative estimate of drug-likeness (QED) is 0.843. The molecule has 0 saturated heterocycles. The molecule has 0 atom stereocenters. The predicted octanol–water partition coefficient (Wildman–Crippen LogP) is 1.13. The summed E-state index contributed by atoms with van der Waals surface area (Å²) in [4.78, 5) is 13.7. The zero-order valence-corrected chi connectivity index (χ0v) is 10.4. The van der Waals surface area contributed by atoms with Gasteiger partial charge in [0.15, 0.2) is 0 Å². The fourth-order valence-corrected chi connectivity index (χ4v) is 2.52. The zero-order chi connectivity index (χ0) is 13.2. The molecule has 0 aliphatic carbocycles. The highest BCUT2D eigenvalue weighted by atomic mass is 16.1. The highest BCUT2D eigenvalue weighted by Crippen LogP contribution is 2.16. The Hall–Kier alpha value is -2.32. The van der Waals surface area contributed by atoms with E-state index in [4.69, 9.17) is 5.26 Å². The van der Waals surface area contributed by atoms with Gasteiger partial charge < -0.3 is 5.10 Å². The summed E-state index contributed by atoms with van der Waals surface area (Å²) in [6.07, 6.45) is 0.770. The molecule has 3 rings (SSSR count). The van der Waals surface area contributed by atoms with Crippen LogP contribution >= 0.6 is 0 Å². The lowest BCUT2D eigenvalue weighted by molar-refractivity contribution is 0.242. The normalized spacial score (nSPS) is 14.9. The van der Waals surface area contributed by atoms with Crippen LogP contribution in [-0.2, 0) is 19.5 Å². The van der Waals surface area contributed by atoms with Crippen LogP contribution in [0, 0.1) is 11.3 Å². The van der Waals surface area contributed by atoms with Gasteiger partial charge in [-0.3, -0.25) is 14.8 Å². The summed E-state index contributed by atoms with van der Waals surface area (Å²) in [5.41, 5.74) is 3.67. The molecule has 1 aromatic carbocycles. The van der Waals surface area contributed by atoms with Gasteiger partial charge in [0.25, 0.3) is 5.56 Å². The zero-order valence-electron chi connectivity index (χ0n) is 10.4. The van der Waals surface area contributed by atoms with E-state index >= 15 is 0 Å². The lowest BCUT2D eigenvalue weighted by Gasteiger charge is -2.25. The number of nitriles is 1. The number of nitrogens with one attached hydrogen (secondary N) is 2.